The number of anilines is 1. The van der Waals surface area contributed by atoms with Crippen LogP contribution in [0.1, 0.15) is 5.82 Å². The summed E-state index contributed by atoms with van der Waals surface area (Å²) in [6.07, 6.45) is 1.43. The molecule has 15 heavy (non-hydrogen) atoms. The Morgan fingerprint density at radius 1 is 1.13 bits per heavy atom. The largest absolute Gasteiger partial charge is 0.368 e. The zero-order valence-electron chi connectivity index (χ0n) is 8.00. The molecule has 0 aliphatic carbocycles. The van der Waals surface area contributed by atoms with Crippen molar-refractivity contribution in [1.82, 2.24) is 15.0 Å². The van der Waals surface area contributed by atoms with Gasteiger partial charge in [0.15, 0.2) is 0 Å². The lowest BCUT2D eigenvalue weighted by Crippen LogP contribution is -2.00. The van der Waals surface area contributed by atoms with Crippen molar-refractivity contribution in [2.75, 3.05) is 5.73 Å². The first kappa shape index (κ1) is 9.92. The van der Waals surface area contributed by atoms with Crippen molar-refractivity contribution < 1.29 is 0 Å². The normalized spacial score (nSPS) is 10.1. The number of benzene rings is 1. The molecule has 0 bridgehead atoms. The molecular weight excluding hydrogens is 208 g/mol. The molecule has 1 heterocycles. The average Bonchev–Trinajstić information content (AvgIpc) is 2.28. The van der Waals surface area contributed by atoms with Crippen LogP contribution in [0.3, 0.4) is 0 Å². The summed E-state index contributed by atoms with van der Waals surface area (Å²) in [5.74, 6) is 1.68. The first-order valence-electron chi connectivity index (χ1n) is 4.46. The van der Waals surface area contributed by atoms with Gasteiger partial charge in [-0.3, -0.25) is 0 Å². The number of nitrogen functional groups attached to an aromatic ring is 1. The highest BCUT2D eigenvalue weighted by molar-refractivity contribution is 7.98. The van der Waals surface area contributed by atoms with Crippen LogP contribution in [0.2, 0.25) is 0 Å². The smallest absolute Gasteiger partial charge is 0.223 e. The SMILES string of the molecule is Nc1ncnc(CSc2ccccc2)n1. The highest BCUT2D eigenvalue weighted by Gasteiger charge is 1.99. The summed E-state index contributed by atoms with van der Waals surface area (Å²) in [6, 6.07) is 10.1. The van der Waals surface area contributed by atoms with Gasteiger partial charge in [-0.05, 0) is 12.1 Å². The van der Waals surface area contributed by atoms with Gasteiger partial charge in [0.25, 0.3) is 0 Å². The summed E-state index contributed by atoms with van der Waals surface area (Å²) in [5, 5.41) is 0. The molecule has 2 N–H and O–H groups in total. The van der Waals surface area contributed by atoms with Crippen molar-refractivity contribution in [2.45, 2.75) is 10.6 Å². The van der Waals surface area contributed by atoms with E-state index in [1.807, 2.05) is 18.2 Å². The second-order valence-electron chi connectivity index (χ2n) is 2.86. The lowest BCUT2D eigenvalue weighted by Gasteiger charge is -2.00. The monoisotopic (exact) mass is 218 g/mol. The van der Waals surface area contributed by atoms with Crippen LogP contribution in [0.25, 0.3) is 0 Å². The van der Waals surface area contributed by atoms with Crippen LogP contribution in [0.4, 0.5) is 5.95 Å². The summed E-state index contributed by atoms with van der Waals surface area (Å²) < 4.78 is 0. The molecule has 0 aliphatic rings. The van der Waals surface area contributed by atoms with E-state index < -0.39 is 0 Å². The van der Waals surface area contributed by atoms with E-state index in [1.165, 1.54) is 11.2 Å². The molecule has 2 aromatic rings. The fourth-order valence-corrected chi connectivity index (χ4v) is 1.86. The van der Waals surface area contributed by atoms with Crippen LogP contribution in [0.5, 0.6) is 0 Å². The Morgan fingerprint density at radius 3 is 2.67 bits per heavy atom. The van der Waals surface area contributed by atoms with Gasteiger partial charge >= 0.3 is 0 Å². The van der Waals surface area contributed by atoms with Gasteiger partial charge in [0.1, 0.15) is 12.2 Å². The Bertz CT molecular complexity index is 432. The van der Waals surface area contributed by atoms with E-state index in [0.29, 0.717) is 11.6 Å². The maximum absolute atomic E-state index is 5.46. The zero-order valence-corrected chi connectivity index (χ0v) is 8.81. The van der Waals surface area contributed by atoms with Crippen LogP contribution >= 0.6 is 11.8 Å². The third kappa shape index (κ3) is 2.92. The summed E-state index contributed by atoms with van der Waals surface area (Å²) in [6.45, 7) is 0. The van der Waals surface area contributed by atoms with Crippen LogP contribution in [0.15, 0.2) is 41.6 Å². The van der Waals surface area contributed by atoms with Gasteiger partial charge in [0.2, 0.25) is 5.95 Å². The molecule has 0 amide bonds. The van der Waals surface area contributed by atoms with Gasteiger partial charge < -0.3 is 5.73 Å². The first-order chi connectivity index (χ1) is 7.34. The Morgan fingerprint density at radius 2 is 1.93 bits per heavy atom. The van der Waals surface area contributed by atoms with Gasteiger partial charge in [-0.15, -0.1) is 11.8 Å². The van der Waals surface area contributed by atoms with E-state index in [9.17, 15) is 0 Å². The van der Waals surface area contributed by atoms with Crippen LogP contribution in [0, 0.1) is 0 Å². The Balaban J connectivity index is 1.99. The summed E-state index contributed by atoms with van der Waals surface area (Å²) in [7, 11) is 0. The van der Waals surface area contributed by atoms with Gasteiger partial charge in [0, 0.05) is 4.90 Å². The van der Waals surface area contributed by atoms with Crippen molar-refractivity contribution in [1.29, 1.82) is 0 Å². The quantitative estimate of drug-likeness (QED) is 0.795. The molecule has 5 heteroatoms. The summed E-state index contributed by atoms with van der Waals surface area (Å²) in [5.41, 5.74) is 5.46. The second kappa shape index (κ2) is 4.75. The van der Waals surface area contributed by atoms with Gasteiger partial charge in [-0.2, -0.15) is 4.98 Å². The number of aromatic nitrogens is 3. The first-order valence-corrected chi connectivity index (χ1v) is 5.44. The van der Waals surface area contributed by atoms with E-state index in [1.54, 1.807) is 11.8 Å². The number of hydrogen-bond acceptors (Lipinski definition) is 5. The highest BCUT2D eigenvalue weighted by atomic mass is 32.2. The lowest BCUT2D eigenvalue weighted by atomic mass is 10.4. The minimum absolute atomic E-state index is 0.272. The molecule has 0 saturated heterocycles. The van der Waals surface area contributed by atoms with Crippen molar-refractivity contribution >= 4 is 17.7 Å². The van der Waals surface area contributed by atoms with Crippen molar-refractivity contribution in [2.24, 2.45) is 0 Å². The molecule has 1 aromatic carbocycles. The summed E-state index contributed by atoms with van der Waals surface area (Å²) in [4.78, 5) is 13.0. The number of nitrogens with zero attached hydrogens (tertiary/aromatic N) is 3. The van der Waals surface area contributed by atoms with Gasteiger partial charge in [-0.1, -0.05) is 18.2 Å². The van der Waals surface area contributed by atoms with Gasteiger partial charge in [-0.25, -0.2) is 9.97 Å². The topological polar surface area (TPSA) is 64.7 Å². The molecule has 2 rings (SSSR count). The molecule has 0 radical (unpaired) electrons. The van der Waals surface area contributed by atoms with E-state index in [0.717, 1.165) is 0 Å². The fraction of sp³-hybridized carbons (Fsp3) is 0.100. The molecule has 4 nitrogen and oxygen atoms in total. The van der Waals surface area contributed by atoms with E-state index >= 15 is 0 Å². The number of thioether (sulfide) groups is 1. The number of hydrogen-bond donors (Lipinski definition) is 1. The molecule has 0 aliphatic heterocycles. The standard InChI is InChI=1S/C10H10N4S/c11-10-13-7-12-9(14-10)6-15-8-4-2-1-3-5-8/h1-5,7H,6H2,(H2,11,12,13,14). The minimum atomic E-state index is 0.272. The lowest BCUT2D eigenvalue weighted by molar-refractivity contribution is 0.974. The maximum atomic E-state index is 5.46. The van der Waals surface area contributed by atoms with Crippen molar-refractivity contribution in [3.63, 3.8) is 0 Å². The molecule has 0 saturated carbocycles. The third-order valence-electron chi connectivity index (χ3n) is 1.75. The molecule has 0 unspecified atom stereocenters. The Kier molecular flexibility index (Phi) is 3.14. The van der Waals surface area contributed by atoms with E-state index in [-0.39, 0.29) is 5.95 Å². The Hall–Kier alpha value is -1.62. The Labute approximate surface area is 92.0 Å². The molecular formula is C10H10N4S. The highest BCUT2D eigenvalue weighted by Crippen LogP contribution is 2.20. The number of rotatable bonds is 3. The molecule has 0 spiro atoms. The van der Waals surface area contributed by atoms with Crippen molar-refractivity contribution in [3.8, 4) is 0 Å². The van der Waals surface area contributed by atoms with E-state index in [2.05, 4.69) is 27.1 Å². The predicted molar refractivity (Wildman–Crippen MR) is 60.2 cm³/mol. The maximum Gasteiger partial charge on any atom is 0.223 e. The minimum Gasteiger partial charge on any atom is -0.368 e. The van der Waals surface area contributed by atoms with Crippen LogP contribution < -0.4 is 5.73 Å². The van der Waals surface area contributed by atoms with Gasteiger partial charge in [0.05, 0.1) is 5.75 Å². The van der Waals surface area contributed by atoms with E-state index in [4.69, 9.17) is 5.73 Å². The zero-order chi connectivity index (χ0) is 10.5. The molecule has 1 aromatic heterocycles. The molecule has 0 fully saturated rings. The fourth-order valence-electron chi connectivity index (χ4n) is 1.08. The van der Waals surface area contributed by atoms with Crippen LogP contribution in [-0.4, -0.2) is 15.0 Å². The average molecular weight is 218 g/mol. The molecule has 76 valence electrons. The second-order valence-corrected chi connectivity index (χ2v) is 3.91. The summed E-state index contributed by atoms with van der Waals surface area (Å²) >= 11 is 1.67. The van der Waals surface area contributed by atoms with Crippen LogP contribution in [-0.2, 0) is 5.75 Å². The predicted octanol–water partition coefficient (Wildman–Crippen LogP) is 1.75. The molecule has 0 atom stereocenters. The van der Waals surface area contributed by atoms with Crippen molar-refractivity contribution in [3.05, 3.63) is 42.5 Å². The third-order valence-corrected chi connectivity index (χ3v) is 2.76. The number of nitrogens with two attached hydrogens (primary N) is 1.